The van der Waals surface area contributed by atoms with Gasteiger partial charge in [0, 0.05) is 24.8 Å². The Morgan fingerprint density at radius 1 is 1.19 bits per heavy atom. The van der Waals surface area contributed by atoms with E-state index in [2.05, 4.69) is 10.3 Å². The molecule has 2 N–H and O–H groups in total. The van der Waals surface area contributed by atoms with Crippen molar-refractivity contribution < 1.29 is 28.9 Å². The van der Waals surface area contributed by atoms with Gasteiger partial charge in [0.05, 0.1) is 13.7 Å². The SMILES string of the molecule is CCCOC[C@@H](Cc1ccccc1)[C@H](C)OC(=O)CNC(=O)c1nccc(OC)c1O. The summed E-state index contributed by atoms with van der Waals surface area (Å²) < 4.78 is 16.2. The number of benzene rings is 1. The van der Waals surface area contributed by atoms with E-state index in [4.69, 9.17) is 14.2 Å². The molecule has 0 radical (unpaired) electrons. The van der Waals surface area contributed by atoms with E-state index in [0.29, 0.717) is 19.6 Å². The van der Waals surface area contributed by atoms with Crippen LogP contribution < -0.4 is 10.1 Å². The average molecular weight is 431 g/mol. The largest absolute Gasteiger partial charge is 0.503 e. The number of nitrogens with one attached hydrogen (secondary N) is 1. The first-order valence-corrected chi connectivity index (χ1v) is 10.3. The lowest BCUT2D eigenvalue weighted by molar-refractivity contribution is -0.150. The molecular formula is C23H30N2O6. The molecule has 1 aromatic carbocycles. The molecule has 8 heteroatoms. The van der Waals surface area contributed by atoms with Gasteiger partial charge in [0.25, 0.3) is 5.91 Å². The smallest absolute Gasteiger partial charge is 0.325 e. The summed E-state index contributed by atoms with van der Waals surface area (Å²) in [4.78, 5) is 28.4. The fourth-order valence-electron chi connectivity index (χ4n) is 3.00. The quantitative estimate of drug-likeness (QED) is 0.394. The second-order valence-corrected chi connectivity index (χ2v) is 7.11. The normalized spacial score (nSPS) is 12.6. The summed E-state index contributed by atoms with van der Waals surface area (Å²) >= 11 is 0. The number of carbonyl (C=O) groups excluding carboxylic acids is 2. The lowest BCUT2D eigenvalue weighted by Crippen LogP contribution is -2.35. The standard InChI is InChI=1S/C23H30N2O6/c1-4-12-30-15-18(13-17-8-6-5-7-9-17)16(2)31-20(26)14-25-23(28)21-22(27)19(29-3)10-11-24-21/h5-11,16,18,27H,4,12-15H2,1-3H3,(H,25,28)/t16-,18+/m0/s1. The van der Waals surface area contributed by atoms with Crippen molar-refractivity contribution in [3.63, 3.8) is 0 Å². The summed E-state index contributed by atoms with van der Waals surface area (Å²) in [6, 6.07) is 11.4. The van der Waals surface area contributed by atoms with Crippen molar-refractivity contribution in [3.05, 3.63) is 53.9 Å². The molecule has 1 heterocycles. The predicted molar refractivity (Wildman–Crippen MR) is 115 cm³/mol. The molecule has 2 rings (SSSR count). The fraction of sp³-hybridized carbons (Fsp3) is 0.435. The van der Waals surface area contributed by atoms with Gasteiger partial charge in [-0.3, -0.25) is 9.59 Å². The zero-order chi connectivity index (χ0) is 22.6. The summed E-state index contributed by atoms with van der Waals surface area (Å²) in [6.45, 7) is 4.60. The maximum absolute atomic E-state index is 12.3. The highest BCUT2D eigenvalue weighted by molar-refractivity contribution is 5.97. The third-order valence-corrected chi connectivity index (χ3v) is 4.72. The zero-order valence-electron chi connectivity index (χ0n) is 18.2. The van der Waals surface area contributed by atoms with E-state index in [-0.39, 0.29) is 29.7 Å². The number of aromatic hydroxyl groups is 1. The summed E-state index contributed by atoms with van der Waals surface area (Å²) in [7, 11) is 1.37. The van der Waals surface area contributed by atoms with Gasteiger partial charge in [-0.25, -0.2) is 4.98 Å². The number of nitrogens with zero attached hydrogens (tertiary/aromatic N) is 1. The summed E-state index contributed by atoms with van der Waals surface area (Å²) in [6.07, 6.45) is 2.53. The molecule has 0 bridgehead atoms. The van der Waals surface area contributed by atoms with Gasteiger partial charge >= 0.3 is 5.97 Å². The molecule has 1 aromatic heterocycles. The van der Waals surface area contributed by atoms with E-state index < -0.39 is 18.0 Å². The van der Waals surface area contributed by atoms with E-state index in [1.807, 2.05) is 44.2 Å². The van der Waals surface area contributed by atoms with Crippen LogP contribution in [0.25, 0.3) is 0 Å². The van der Waals surface area contributed by atoms with Gasteiger partial charge in [-0.15, -0.1) is 0 Å². The number of pyridine rings is 1. The van der Waals surface area contributed by atoms with Gasteiger partial charge in [-0.2, -0.15) is 0 Å². The monoisotopic (exact) mass is 430 g/mol. The minimum absolute atomic E-state index is 0.0299. The van der Waals surface area contributed by atoms with Crippen LogP contribution in [0.3, 0.4) is 0 Å². The topological polar surface area (TPSA) is 107 Å². The molecule has 31 heavy (non-hydrogen) atoms. The molecule has 0 saturated carbocycles. The maximum Gasteiger partial charge on any atom is 0.325 e. The van der Waals surface area contributed by atoms with Crippen LogP contribution in [0.2, 0.25) is 0 Å². The Labute approximate surface area is 182 Å². The average Bonchev–Trinajstić information content (AvgIpc) is 2.77. The molecule has 0 spiro atoms. The third-order valence-electron chi connectivity index (χ3n) is 4.72. The Balaban J connectivity index is 1.92. The number of rotatable bonds is 12. The van der Waals surface area contributed by atoms with Crippen LogP contribution in [-0.2, 0) is 20.7 Å². The number of ether oxygens (including phenoxy) is 3. The lowest BCUT2D eigenvalue weighted by atomic mass is 9.95. The van der Waals surface area contributed by atoms with Gasteiger partial charge in [0.1, 0.15) is 12.6 Å². The fourth-order valence-corrected chi connectivity index (χ4v) is 3.00. The second kappa shape index (κ2) is 12.5. The Bertz CT molecular complexity index is 843. The molecule has 1 amide bonds. The molecule has 0 unspecified atom stereocenters. The van der Waals surface area contributed by atoms with Crippen LogP contribution in [0.1, 0.15) is 36.3 Å². The van der Waals surface area contributed by atoms with E-state index >= 15 is 0 Å². The molecule has 168 valence electrons. The van der Waals surface area contributed by atoms with E-state index in [1.165, 1.54) is 19.4 Å². The second-order valence-electron chi connectivity index (χ2n) is 7.11. The summed E-state index contributed by atoms with van der Waals surface area (Å²) in [5, 5.41) is 12.4. The Morgan fingerprint density at radius 2 is 1.94 bits per heavy atom. The van der Waals surface area contributed by atoms with Crippen LogP contribution in [0.4, 0.5) is 0 Å². The first kappa shape index (κ1) is 24.1. The highest BCUT2D eigenvalue weighted by Crippen LogP contribution is 2.27. The van der Waals surface area contributed by atoms with Crippen molar-refractivity contribution in [1.29, 1.82) is 0 Å². The summed E-state index contributed by atoms with van der Waals surface area (Å²) in [5.74, 6) is -1.59. The third kappa shape index (κ3) is 7.57. The van der Waals surface area contributed by atoms with Crippen molar-refractivity contribution in [2.75, 3.05) is 26.9 Å². The van der Waals surface area contributed by atoms with Gasteiger partial charge in [0.15, 0.2) is 17.2 Å². The zero-order valence-corrected chi connectivity index (χ0v) is 18.2. The molecule has 0 aliphatic rings. The number of methoxy groups -OCH3 is 1. The molecule has 0 fully saturated rings. The van der Waals surface area contributed by atoms with Gasteiger partial charge in [-0.05, 0) is 25.3 Å². The number of carbonyl (C=O) groups is 2. The number of aromatic nitrogens is 1. The minimum atomic E-state index is -0.701. The molecular weight excluding hydrogens is 400 g/mol. The first-order valence-electron chi connectivity index (χ1n) is 10.3. The van der Waals surface area contributed by atoms with E-state index in [0.717, 1.165) is 12.0 Å². The van der Waals surface area contributed by atoms with E-state index in [1.54, 1.807) is 0 Å². The number of hydrogen-bond donors (Lipinski definition) is 2. The van der Waals surface area contributed by atoms with Crippen LogP contribution in [0.5, 0.6) is 11.5 Å². The number of hydrogen-bond acceptors (Lipinski definition) is 7. The van der Waals surface area contributed by atoms with Crippen molar-refractivity contribution in [2.24, 2.45) is 5.92 Å². The highest BCUT2D eigenvalue weighted by Gasteiger charge is 2.23. The van der Waals surface area contributed by atoms with Gasteiger partial charge in [0.2, 0.25) is 0 Å². The van der Waals surface area contributed by atoms with Crippen LogP contribution in [0.15, 0.2) is 42.6 Å². The van der Waals surface area contributed by atoms with Crippen LogP contribution >= 0.6 is 0 Å². The Hall–Kier alpha value is -3.13. The predicted octanol–water partition coefficient (Wildman–Crippen LogP) is 2.74. The minimum Gasteiger partial charge on any atom is -0.503 e. The first-order chi connectivity index (χ1) is 15.0. The van der Waals surface area contributed by atoms with Crippen molar-refractivity contribution in [1.82, 2.24) is 10.3 Å². The van der Waals surface area contributed by atoms with Gasteiger partial charge in [-0.1, -0.05) is 37.3 Å². The highest BCUT2D eigenvalue weighted by atomic mass is 16.5. The lowest BCUT2D eigenvalue weighted by Gasteiger charge is -2.24. The van der Waals surface area contributed by atoms with E-state index in [9.17, 15) is 14.7 Å². The van der Waals surface area contributed by atoms with Crippen LogP contribution in [-0.4, -0.2) is 54.9 Å². The van der Waals surface area contributed by atoms with Gasteiger partial charge < -0.3 is 24.6 Å². The van der Waals surface area contributed by atoms with Crippen molar-refractivity contribution in [2.45, 2.75) is 32.8 Å². The number of amides is 1. The van der Waals surface area contributed by atoms with Crippen molar-refractivity contribution >= 4 is 11.9 Å². The maximum atomic E-state index is 12.3. The van der Waals surface area contributed by atoms with Crippen LogP contribution in [0, 0.1) is 5.92 Å². The molecule has 2 aromatic rings. The molecule has 8 nitrogen and oxygen atoms in total. The number of esters is 1. The molecule has 0 aliphatic heterocycles. The molecule has 0 aliphatic carbocycles. The Morgan fingerprint density at radius 3 is 2.61 bits per heavy atom. The molecule has 0 saturated heterocycles. The summed E-state index contributed by atoms with van der Waals surface area (Å²) in [5.41, 5.74) is 0.901. The Kier molecular flexibility index (Phi) is 9.77. The van der Waals surface area contributed by atoms with Crippen molar-refractivity contribution in [3.8, 4) is 11.5 Å². The molecule has 2 atom stereocenters.